The number of benzene rings is 4. The maximum atomic E-state index is 5.03. The predicted octanol–water partition coefficient (Wildman–Crippen LogP) is 9.01. The summed E-state index contributed by atoms with van der Waals surface area (Å²) >= 11 is 0. The van der Waals surface area contributed by atoms with Crippen molar-refractivity contribution in [3.8, 4) is 5.82 Å². The third-order valence-corrected chi connectivity index (χ3v) is 8.22. The average molecular weight is 747 g/mol. The van der Waals surface area contributed by atoms with Crippen LogP contribution in [0.1, 0.15) is 51.3 Å². The van der Waals surface area contributed by atoms with Crippen LogP contribution in [0.5, 0.6) is 0 Å². The number of para-hydroxylation sites is 3. The largest absolute Gasteiger partial charge is 0.319 e. The first-order valence-corrected chi connectivity index (χ1v) is 14.5. The molecule has 220 valence electrons. The Bertz CT molecular complexity index is 1970. The summed E-state index contributed by atoms with van der Waals surface area (Å²) in [6.45, 7) is 13.1. The first-order valence-electron chi connectivity index (χ1n) is 14.5. The van der Waals surface area contributed by atoms with Crippen LogP contribution < -0.4 is 10.1 Å². The van der Waals surface area contributed by atoms with Crippen molar-refractivity contribution in [2.24, 2.45) is 0 Å². The van der Waals surface area contributed by atoms with E-state index in [-0.39, 0.29) is 32.0 Å². The minimum Gasteiger partial charge on any atom is -0.319 e. The second kappa shape index (κ2) is 10.7. The Morgan fingerprint density at radius 3 is 2.21 bits per heavy atom. The summed E-state index contributed by atoms with van der Waals surface area (Å²) in [5.74, 6) is 0.902. The molecule has 6 heteroatoms. The van der Waals surface area contributed by atoms with E-state index in [4.69, 9.17) is 9.92 Å². The van der Waals surface area contributed by atoms with Gasteiger partial charge in [-0.25, -0.2) is 4.98 Å². The number of hydroxylamine groups is 1. The van der Waals surface area contributed by atoms with Crippen LogP contribution in [0, 0.1) is 19.1 Å². The molecule has 5 nitrogen and oxygen atoms in total. The molecule has 0 aliphatic carbocycles. The number of hydrogen-bond acceptors (Lipinski definition) is 3. The van der Waals surface area contributed by atoms with Crippen molar-refractivity contribution in [2.75, 3.05) is 10.1 Å². The number of rotatable bonds is 4. The van der Waals surface area contributed by atoms with Crippen LogP contribution in [0.2, 0.25) is 0 Å². The first-order chi connectivity index (χ1) is 20.1. The van der Waals surface area contributed by atoms with Gasteiger partial charge in [-0.05, 0) is 74.4 Å². The smallest absolute Gasteiger partial charge is 0.145 e. The molecule has 6 aromatic rings. The zero-order valence-electron chi connectivity index (χ0n) is 25.3. The van der Waals surface area contributed by atoms with Crippen LogP contribution >= 0.6 is 0 Å². The van der Waals surface area contributed by atoms with Gasteiger partial charge in [-0.2, -0.15) is 46.4 Å². The Kier molecular flexibility index (Phi) is 7.23. The van der Waals surface area contributed by atoms with Crippen LogP contribution in [-0.4, -0.2) is 20.0 Å². The molecule has 4 aromatic carbocycles. The number of aromatic nitrogens is 2. The number of pyridine rings is 1. The zero-order chi connectivity index (χ0) is 29.2. The van der Waals surface area contributed by atoms with Crippen LogP contribution in [-0.2, 0) is 26.5 Å². The van der Waals surface area contributed by atoms with Gasteiger partial charge < -0.3 is 4.57 Å². The van der Waals surface area contributed by atoms with E-state index < -0.39 is 0 Å². The first kappa shape index (κ1) is 29.2. The fourth-order valence-electron chi connectivity index (χ4n) is 5.91. The van der Waals surface area contributed by atoms with Crippen LogP contribution in [0.4, 0.5) is 17.1 Å². The normalized spacial score (nSPS) is 13.4. The van der Waals surface area contributed by atoms with Crippen molar-refractivity contribution in [1.29, 1.82) is 0 Å². The SMILES string of the molecule is Cc1ccnc(-n2c3[c-]c(C(C)(C)c4[c-]c(N5[OH+]N(C(C)(C)C)c6ccccc65)ccc4)ccc3c3ccccc32)c1.[Pt]. The van der Waals surface area contributed by atoms with E-state index in [2.05, 4.69) is 148 Å². The molecule has 0 saturated carbocycles. The van der Waals surface area contributed by atoms with Crippen molar-refractivity contribution >= 4 is 38.9 Å². The predicted molar refractivity (Wildman–Crippen MR) is 172 cm³/mol. The standard InChI is InChI=1S/C37H34N4O.Pt/c1-25-20-21-38-35(22-25)39-31-15-8-7-14-29(31)30-19-18-27(24-34(30)39)37(5,6)26-12-11-13-28(23-26)40-32-16-9-10-17-33(32)41(42-40)36(2,3)4;/h7-22H,1-6H3;/q-2;/p+1. The molecule has 0 saturated heterocycles. The number of aryl methyl sites for hydroxylation is 1. The molecule has 0 spiro atoms. The third-order valence-electron chi connectivity index (χ3n) is 8.22. The summed E-state index contributed by atoms with van der Waals surface area (Å²) in [6, 6.07) is 39.4. The maximum Gasteiger partial charge on any atom is 0.145 e. The monoisotopic (exact) mass is 746 g/mol. The Labute approximate surface area is 267 Å². The number of fused-ring (bicyclic) bond motifs is 4. The van der Waals surface area contributed by atoms with Gasteiger partial charge in [0.2, 0.25) is 0 Å². The van der Waals surface area contributed by atoms with Gasteiger partial charge in [0.1, 0.15) is 22.7 Å². The molecule has 0 unspecified atom stereocenters. The minimum absolute atomic E-state index is 0. The van der Waals surface area contributed by atoms with E-state index in [1.54, 1.807) is 0 Å². The summed E-state index contributed by atoms with van der Waals surface area (Å²) < 4.78 is 2.23. The molecule has 1 aliphatic rings. The van der Waals surface area contributed by atoms with Crippen molar-refractivity contribution in [2.45, 2.75) is 52.5 Å². The summed E-state index contributed by atoms with van der Waals surface area (Å²) in [6.07, 6.45) is 1.88. The minimum atomic E-state index is -0.367. The van der Waals surface area contributed by atoms with E-state index in [1.165, 1.54) is 16.3 Å². The summed E-state index contributed by atoms with van der Waals surface area (Å²) in [5, 5.41) is 6.46. The van der Waals surface area contributed by atoms with Crippen LogP contribution in [0.15, 0.2) is 97.2 Å². The molecule has 7 rings (SSSR count). The van der Waals surface area contributed by atoms with Crippen molar-refractivity contribution in [3.05, 3.63) is 126 Å². The van der Waals surface area contributed by atoms with Gasteiger partial charge in [0.25, 0.3) is 0 Å². The van der Waals surface area contributed by atoms with Crippen molar-refractivity contribution in [3.63, 3.8) is 0 Å². The van der Waals surface area contributed by atoms with E-state index in [0.717, 1.165) is 45.0 Å². The van der Waals surface area contributed by atoms with E-state index in [9.17, 15) is 0 Å². The number of hydrogen-bond donors (Lipinski definition) is 0. The fourth-order valence-corrected chi connectivity index (χ4v) is 5.91. The Hall–Kier alpha value is -3.92. The van der Waals surface area contributed by atoms with Crippen molar-refractivity contribution < 1.29 is 26.0 Å². The Morgan fingerprint density at radius 2 is 1.44 bits per heavy atom. The Balaban J connectivity index is 0.00000329. The molecule has 0 amide bonds. The molecule has 0 fully saturated rings. The topological polar surface area (TPSA) is 37.1 Å². The van der Waals surface area contributed by atoms with Crippen LogP contribution in [0.3, 0.4) is 0 Å². The van der Waals surface area contributed by atoms with Crippen LogP contribution in [0.25, 0.3) is 27.6 Å². The van der Waals surface area contributed by atoms with Gasteiger partial charge in [0.05, 0.1) is 0 Å². The molecular weight excluding hydrogens is 712 g/mol. The molecule has 2 aromatic heterocycles. The molecule has 1 aliphatic heterocycles. The van der Waals surface area contributed by atoms with Gasteiger partial charge in [0, 0.05) is 38.5 Å². The van der Waals surface area contributed by atoms with Gasteiger partial charge in [-0.15, -0.1) is 27.6 Å². The second-order valence-electron chi connectivity index (χ2n) is 12.6. The van der Waals surface area contributed by atoms with E-state index in [0.29, 0.717) is 0 Å². The average Bonchev–Trinajstić information content (AvgIpc) is 3.54. The zero-order valence-corrected chi connectivity index (χ0v) is 27.6. The number of anilines is 3. The molecule has 0 atom stereocenters. The van der Waals surface area contributed by atoms with Gasteiger partial charge in [-0.3, -0.25) is 0 Å². The van der Waals surface area contributed by atoms with E-state index >= 15 is 0 Å². The Morgan fingerprint density at radius 1 is 0.721 bits per heavy atom. The molecule has 1 N–H and O–H groups in total. The number of nitrogens with zero attached hydrogens (tertiary/aromatic N) is 4. The molecule has 43 heavy (non-hydrogen) atoms. The molecule has 3 heterocycles. The quantitative estimate of drug-likeness (QED) is 0.134. The summed E-state index contributed by atoms with van der Waals surface area (Å²) in [4.78, 5) is 9.77. The third kappa shape index (κ3) is 4.85. The summed E-state index contributed by atoms with van der Waals surface area (Å²) in [5.41, 5.74) is 8.05. The molecular formula is C37H35N4OPt-. The van der Waals surface area contributed by atoms with Gasteiger partial charge >= 0.3 is 0 Å². The van der Waals surface area contributed by atoms with E-state index in [1.807, 2.05) is 17.3 Å². The molecule has 0 radical (unpaired) electrons. The fraction of sp³-hybridized carbons (Fsp3) is 0.216. The van der Waals surface area contributed by atoms with Crippen molar-refractivity contribution in [1.82, 2.24) is 9.55 Å². The summed E-state index contributed by atoms with van der Waals surface area (Å²) in [7, 11) is 0. The van der Waals surface area contributed by atoms with Gasteiger partial charge in [-0.1, -0.05) is 49.7 Å². The second-order valence-corrected chi connectivity index (χ2v) is 12.6. The molecule has 0 bridgehead atoms. The maximum absolute atomic E-state index is 5.03. The van der Waals surface area contributed by atoms with Gasteiger partial charge in [0.15, 0.2) is 0 Å².